The molecule has 2 heteroatoms. The molecule has 25 heavy (non-hydrogen) atoms. The summed E-state index contributed by atoms with van der Waals surface area (Å²) in [4.78, 5) is 4.99. The van der Waals surface area contributed by atoms with E-state index in [0.717, 1.165) is 29.1 Å². The summed E-state index contributed by atoms with van der Waals surface area (Å²) in [5.74, 6) is 0.508. The van der Waals surface area contributed by atoms with Crippen LogP contribution in [0.4, 0.5) is 5.69 Å². The van der Waals surface area contributed by atoms with Crippen LogP contribution in [-0.2, 0) is 0 Å². The van der Waals surface area contributed by atoms with Crippen molar-refractivity contribution in [2.75, 3.05) is 0 Å². The summed E-state index contributed by atoms with van der Waals surface area (Å²) in [5.41, 5.74) is 12.1. The molecule has 0 aromatic heterocycles. The molecule has 0 saturated heterocycles. The maximum Gasteiger partial charge on any atom is 0.0758 e. The number of para-hydroxylation sites is 1. The zero-order valence-electron chi connectivity index (χ0n) is 15.1. The smallest absolute Gasteiger partial charge is 0.0758 e. The van der Waals surface area contributed by atoms with Crippen LogP contribution >= 0.6 is 0 Å². The van der Waals surface area contributed by atoms with E-state index in [2.05, 4.69) is 31.2 Å². The lowest BCUT2D eigenvalue weighted by atomic mass is 9.83. The highest BCUT2D eigenvalue weighted by Gasteiger charge is 2.21. The van der Waals surface area contributed by atoms with Crippen LogP contribution in [0.5, 0.6) is 0 Å². The lowest BCUT2D eigenvalue weighted by Crippen LogP contribution is -2.21. The van der Waals surface area contributed by atoms with Gasteiger partial charge in [-0.05, 0) is 42.9 Å². The topological polar surface area (TPSA) is 38.4 Å². The van der Waals surface area contributed by atoms with E-state index in [9.17, 15) is 0 Å². The second kappa shape index (κ2) is 8.66. The molecule has 0 heterocycles. The highest BCUT2D eigenvalue weighted by Crippen LogP contribution is 2.31. The van der Waals surface area contributed by atoms with Crippen LogP contribution in [0, 0.1) is 5.92 Å². The Balaban J connectivity index is 2.07. The maximum absolute atomic E-state index is 6.69. The van der Waals surface area contributed by atoms with Gasteiger partial charge in [-0.3, -0.25) is 0 Å². The fourth-order valence-electron chi connectivity index (χ4n) is 3.70. The van der Waals surface area contributed by atoms with Crippen molar-refractivity contribution in [3.63, 3.8) is 0 Å². The number of nitrogens with two attached hydrogens (primary N) is 1. The van der Waals surface area contributed by atoms with E-state index < -0.39 is 0 Å². The van der Waals surface area contributed by atoms with Gasteiger partial charge in [-0.1, -0.05) is 74.7 Å². The summed E-state index contributed by atoms with van der Waals surface area (Å²) in [5, 5.41) is 0. The van der Waals surface area contributed by atoms with Crippen molar-refractivity contribution in [3.8, 4) is 0 Å². The summed E-state index contributed by atoms with van der Waals surface area (Å²) in [6.45, 7) is 2.19. The van der Waals surface area contributed by atoms with Gasteiger partial charge in [0.05, 0.1) is 11.4 Å². The van der Waals surface area contributed by atoms with Gasteiger partial charge in [0.25, 0.3) is 0 Å². The zero-order chi connectivity index (χ0) is 17.5. The van der Waals surface area contributed by atoms with Gasteiger partial charge in [-0.25, -0.2) is 4.99 Å². The summed E-state index contributed by atoms with van der Waals surface area (Å²) in [6.07, 6.45) is 7.25. The Labute approximate surface area is 151 Å². The van der Waals surface area contributed by atoms with Gasteiger partial charge in [0.1, 0.15) is 0 Å². The number of allylic oxidation sites excluding steroid dienone is 2. The molecule has 0 spiro atoms. The van der Waals surface area contributed by atoms with Crippen LogP contribution in [0.3, 0.4) is 0 Å². The van der Waals surface area contributed by atoms with E-state index in [1.807, 2.05) is 36.4 Å². The molecular formula is C23H28N2. The van der Waals surface area contributed by atoms with Crippen LogP contribution in [-0.4, -0.2) is 5.71 Å². The lowest BCUT2D eigenvalue weighted by Gasteiger charge is -2.25. The zero-order valence-corrected chi connectivity index (χ0v) is 15.1. The Morgan fingerprint density at radius 1 is 0.920 bits per heavy atom. The molecule has 2 nitrogen and oxygen atoms in total. The summed E-state index contributed by atoms with van der Waals surface area (Å²) in [7, 11) is 0. The Bertz CT molecular complexity index is 723. The number of hydrogen-bond acceptors (Lipinski definition) is 2. The number of nitrogens with zero attached hydrogens (tertiary/aromatic N) is 1. The Morgan fingerprint density at radius 3 is 2.12 bits per heavy atom. The van der Waals surface area contributed by atoms with Crippen LogP contribution < -0.4 is 5.73 Å². The second-order valence-electron chi connectivity index (χ2n) is 6.78. The second-order valence-corrected chi connectivity index (χ2v) is 6.78. The van der Waals surface area contributed by atoms with E-state index in [1.165, 1.54) is 37.7 Å². The summed E-state index contributed by atoms with van der Waals surface area (Å²) >= 11 is 0. The molecule has 0 aliphatic heterocycles. The largest absolute Gasteiger partial charge is 0.402 e. The predicted molar refractivity (Wildman–Crippen MR) is 107 cm³/mol. The van der Waals surface area contributed by atoms with E-state index in [-0.39, 0.29) is 0 Å². The quantitative estimate of drug-likeness (QED) is 0.669. The van der Waals surface area contributed by atoms with E-state index >= 15 is 0 Å². The van der Waals surface area contributed by atoms with Crippen LogP contribution in [0.2, 0.25) is 0 Å². The molecule has 0 bridgehead atoms. The first kappa shape index (κ1) is 17.5. The highest BCUT2D eigenvalue weighted by molar-refractivity contribution is 6.14. The van der Waals surface area contributed by atoms with Gasteiger partial charge in [0.15, 0.2) is 0 Å². The standard InChI is InChI=1S/C23H28N2/c1-2-21(22(24)18-12-6-3-7-13-18)23(19-14-8-4-9-15-19)25-20-16-10-5-11-17-20/h4-5,8-11,14-18H,2-3,6-7,12-13,24H2,1H3/b22-21-,25-23?. The lowest BCUT2D eigenvalue weighted by molar-refractivity contribution is 0.398. The van der Waals surface area contributed by atoms with Crippen LogP contribution in [0.15, 0.2) is 76.9 Å². The van der Waals surface area contributed by atoms with Gasteiger partial charge in [0.2, 0.25) is 0 Å². The molecule has 2 aromatic carbocycles. The number of aliphatic imine (C=N–C) groups is 1. The molecule has 1 aliphatic carbocycles. The van der Waals surface area contributed by atoms with Crippen molar-refractivity contribution in [2.24, 2.45) is 16.6 Å². The minimum atomic E-state index is 0.508. The minimum Gasteiger partial charge on any atom is -0.402 e. The van der Waals surface area contributed by atoms with Crippen LogP contribution in [0.1, 0.15) is 51.0 Å². The van der Waals surface area contributed by atoms with Gasteiger partial charge in [0, 0.05) is 11.3 Å². The van der Waals surface area contributed by atoms with Crippen molar-refractivity contribution in [2.45, 2.75) is 45.4 Å². The molecule has 2 aromatic rings. The van der Waals surface area contributed by atoms with Crippen molar-refractivity contribution in [1.29, 1.82) is 0 Å². The van der Waals surface area contributed by atoms with Crippen LogP contribution in [0.25, 0.3) is 0 Å². The fraction of sp³-hybridized carbons (Fsp3) is 0.348. The van der Waals surface area contributed by atoms with E-state index in [1.54, 1.807) is 0 Å². The molecule has 0 radical (unpaired) electrons. The average molecular weight is 332 g/mol. The Morgan fingerprint density at radius 2 is 1.52 bits per heavy atom. The third-order valence-electron chi connectivity index (χ3n) is 5.08. The highest BCUT2D eigenvalue weighted by atomic mass is 14.8. The fourth-order valence-corrected chi connectivity index (χ4v) is 3.70. The molecule has 1 aliphatic rings. The van der Waals surface area contributed by atoms with Crippen molar-refractivity contribution in [1.82, 2.24) is 0 Å². The number of rotatable bonds is 5. The minimum absolute atomic E-state index is 0.508. The van der Waals surface area contributed by atoms with Gasteiger partial charge in [-0.2, -0.15) is 0 Å². The predicted octanol–water partition coefficient (Wildman–Crippen LogP) is 6.01. The first-order valence-electron chi connectivity index (χ1n) is 9.47. The van der Waals surface area contributed by atoms with E-state index in [4.69, 9.17) is 10.7 Å². The molecule has 1 saturated carbocycles. The van der Waals surface area contributed by atoms with Gasteiger partial charge >= 0.3 is 0 Å². The average Bonchev–Trinajstić information content (AvgIpc) is 2.70. The van der Waals surface area contributed by atoms with Crippen molar-refractivity contribution < 1.29 is 0 Å². The monoisotopic (exact) mass is 332 g/mol. The summed E-state index contributed by atoms with van der Waals surface area (Å²) < 4.78 is 0. The molecule has 0 amide bonds. The third kappa shape index (κ3) is 4.39. The maximum atomic E-state index is 6.69. The Kier molecular flexibility index (Phi) is 6.05. The number of benzene rings is 2. The van der Waals surface area contributed by atoms with Gasteiger partial charge in [-0.15, -0.1) is 0 Å². The first-order chi connectivity index (χ1) is 12.3. The normalized spacial score (nSPS) is 17.2. The molecule has 0 unspecified atom stereocenters. The van der Waals surface area contributed by atoms with Crippen molar-refractivity contribution in [3.05, 3.63) is 77.5 Å². The molecule has 130 valence electrons. The first-order valence-corrected chi connectivity index (χ1v) is 9.47. The molecule has 1 fully saturated rings. The third-order valence-corrected chi connectivity index (χ3v) is 5.08. The van der Waals surface area contributed by atoms with Gasteiger partial charge < -0.3 is 5.73 Å². The molecule has 2 N–H and O–H groups in total. The van der Waals surface area contributed by atoms with Crippen molar-refractivity contribution >= 4 is 11.4 Å². The summed E-state index contributed by atoms with van der Waals surface area (Å²) in [6, 6.07) is 20.6. The Hall–Kier alpha value is -2.35. The molecule has 3 rings (SSSR count). The SMILES string of the molecule is CC/C(C(=Nc1ccccc1)c1ccccc1)=C(/N)C1CCCCC1. The molecular weight excluding hydrogens is 304 g/mol. The van der Waals surface area contributed by atoms with E-state index in [0.29, 0.717) is 5.92 Å². The number of hydrogen-bond donors (Lipinski definition) is 1. The molecule has 0 atom stereocenters.